The maximum atomic E-state index is 11.7. The summed E-state index contributed by atoms with van der Waals surface area (Å²) in [5.41, 5.74) is 6.81. The van der Waals surface area contributed by atoms with E-state index < -0.39 is 0 Å². The average Bonchev–Trinajstić information content (AvgIpc) is 2.36. The molecule has 2 atom stereocenters. The van der Waals surface area contributed by atoms with E-state index in [1.807, 2.05) is 38.1 Å². The lowest BCUT2D eigenvalue weighted by atomic mass is 10.1. The molecule has 106 valence electrons. The maximum Gasteiger partial charge on any atom is 0.258 e. The zero-order chi connectivity index (χ0) is 14.4. The number of rotatable bonds is 6. The largest absolute Gasteiger partial charge is 0.484 e. The molecule has 0 spiro atoms. The average molecular weight is 264 g/mol. The molecular formula is C15H24N2O2. The van der Waals surface area contributed by atoms with Crippen LogP contribution in [0.3, 0.4) is 0 Å². The summed E-state index contributed by atoms with van der Waals surface area (Å²) in [5, 5.41) is 2.90. The van der Waals surface area contributed by atoms with E-state index >= 15 is 0 Å². The summed E-state index contributed by atoms with van der Waals surface area (Å²) in [6.07, 6.45) is 0. The third-order valence-electron chi connectivity index (χ3n) is 3.16. The topological polar surface area (TPSA) is 64.3 Å². The van der Waals surface area contributed by atoms with Crippen LogP contribution in [0.1, 0.15) is 39.3 Å². The molecule has 4 heteroatoms. The fourth-order valence-corrected chi connectivity index (χ4v) is 1.48. The molecule has 0 aliphatic heterocycles. The fraction of sp³-hybridized carbons (Fsp3) is 0.533. The van der Waals surface area contributed by atoms with Crippen molar-refractivity contribution >= 4 is 5.91 Å². The van der Waals surface area contributed by atoms with Crippen molar-refractivity contribution in [3.63, 3.8) is 0 Å². The minimum absolute atomic E-state index is 0.00393. The van der Waals surface area contributed by atoms with Gasteiger partial charge in [-0.3, -0.25) is 4.79 Å². The molecule has 0 saturated heterocycles. The van der Waals surface area contributed by atoms with Gasteiger partial charge in [-0.25, -0.2) is 0 Å². The van der Waals surface area contributed by atoms with Crippen LogP contribution >= 0.6 is 0 Å². The molecule has 1 rings (SSSR count). The van der Waals surface area contributed by atoms with Crippen LogP contribution in [0.2, 0.25) is 0 Å². The molecule has 0 radical (unpaired) electrons. The molecular weight excluding hydrogens is 240 g/mol. The molecule has 4 nitrogen and oxygen atoms in total. The van der Waals surface area contributed by atoms with Gasteiger partial charge in [0.25, 0.3) is 5.91 Å². The number of nitrogens with two attached hydrogens (primary N) is 1. The van der Waals surface area contributed by atoms with E-state index in [2.05, 4.69) is 19.2 Å². The van der Waals surface area contributed by atoms with Gasteiger partial charge in [-0.15, -0.1) is 0 Å². The van der Waals surface area contributed by atoms with E-state index in [4.69, 9.17) is 10.5 Å². The molecule has 1 aromatic carbocycles. The van der Waals surface area contributed by atoms with Gasteiger partial charge in [0, 0.05) is 12.1 Å². The van der Waals surface area contributed by atoms with Gasteiger partial charge in [0.2, 0.25) is 0 Å². The fourth-order valence-electron chi connectivity index (χ4n) is 1.48. The molecule has 0 bridgehead atoms. The summed E-state index contributed by atoms with van der Waals surface area (Å²) in [7, 11) is 0. The molecule has 1 aromatic rings. The van der Waals surface area contributed by atoms with Crippen molar-refractivity contribution in [2.75, 3.05) is 6.61 Å². The van der Waals surface area contributed by atoms with Crippen molar-refractivity contribution in [2.24, 2.45) is 11.7 Å². The monoisotopic (exact) mass is 264 g/mol. The second kappa shape index (κ2) is 7.14. The van der Waals surface area contributed by atoms with Crippen molar-refractivity contribution in [1.82, 2.24) is 5.32 Å². The van der Waals surface area contributed by atoms with E-state index in [1.165, 1.54) is 0 Å². The Morgan fingerprint density at radius 1 is 1.21 bits per heavy atom. The highest BCUT2D eigenvalue weighted by Gasteiger charge is 2.11. The van der Waals surface area contributed by atoms with Gasteiger partial charge in [0.05, 0.1) is 0 Å². The van der Waals surface area contributed by atoms with Crippen LogP contribution in [0.25, 0.3) is 0 Å². The zero-order valence-corrected chi connectivity index (χ0v) is 12.1. The van der Waals surface area contributed by atoms with Crippen molar-refractivity contribution < 1.29 is 9.53 Å². The van der Waals surface area contributed by atoms with Crippen LogP contribution in [-0.2, 0) is 4.79 Å². The van der Waals surface area contributed by atoms with Crippen LogP contribution < -0.4 is 15.8 Å². The maximum absolute atomic E-state index is 11.7. The predicted molar refractivity (Wildman–Crippen MR) is 77.0 cm³/mol. The summed E-state index contributed by atoms with van der Waals surface area (Å²) < 4.78 is 5.43. The Labute approximate surface area is 115 Å². The lowest BCUT2D eigenvalue weighted by molar-refractivity contribution is -0.124. The van der Waals surface area contributed by atoms with Gasteiger partial charge >= 0.3 is 0 Å². The van der Waals surface area contributed by atoms with Gasteiger partial charge in [-0.2, -0.15) is 0 Å². The highest BCUT2D eigenvalue weighted by molar-refractivity contribution is 5.77. The predicted octanol–water partition coefficient (Wildman–Crippen LogP) is 2.25. The minimum Gasteiger partial charge on any atom is -0.484 e. The molecule has 1 amide bonds. The second-order valence-corrected chi connectivity index (χ2v) is 5.25. The smallest absolute Gasteiger partial charge is 0.258 e. The van der Waals surface area contributed by atoms with Crippen LogP contribution in [0, 0.1) is 5.92 Å². The Morgan fingerprint density at radius 2 is 1.79 bits per heavy atom. The molecule has 0 saturated carbocycles. The number of nitrogens with one attached hydrogen (secondary N) is 1. The Hall–Kier alpha value is -1.55. The van der Waals surface area contributed by atoms with Gasteiger partial charge in [0.1, 0.15) is 5.75 Å². The number of carbonyl (C=O) groups is 1. The number of hydrogen-bond acceptors (Lipinski definition) is 3. The highest BCUT2D eigenvalue weighted by atomic mass is 16.5. The third kappa shape index (κ3) is 5.30. The van der Waals surface area contributed by atoms with Crippen molar-refractivity contribution in [3.05, 3.63) is 29.8 Å². The number of hydrogen-bond donors (Lipinski definition) is 2. The lowest BCUT2D eigenvalue weighted by Crippen LogP contribution is -2.38. The summed E-state index contributed by atoms with van der Waals surface area (Å²) in [5.74, 6) is 0.989. The van der Waals surface area contributed by atoms with Crippen molar-refractivity contribution in [1.29, 1.82) is 0 Å². The lowest BCUT2D eigenvalue weighted by Gasteiger charge is -2.17. The first-order chi connectivity index (χ1) is 8.90. The summed E-state index contributed by atoms with van der Waals surface area (Å²) in [6, 6.07) is 7.64. The minimum atomic E-state index is -0.0996. The van der Waals surface area contributed by atoms with E-state index in [1.54, 1.807) is 0 Å². The van der Waals surface area contributed by atoms with E-state index in [0.717, 1.165) is 5.56 Å². The first kappa shape index (κ1) is 15.5. The number of amides is 1. The van der Waals surface area contributed by atoms with Gasteiger partial charge < -0.3 is 15.8 Å². The quantitative estimate of drug-likeness (QED) is 0.828. The summed E-state index contributed by atoms with van der Waals surface area (Å²) in [6.45, 7) is 8.09. The number of benzene rings is 1. The summed E-state index contributed by atoms with van der Waals surface area (Å²) >= 11 is 0. The van der Waals surface area contributed by atoms with Crippen LogP contribution in [0.4, 0.5) is 0 Å². The third-order valence-corrected chi connectivity index (χ3v) is 3.16. The molecule has 3 N–H and O–H groups in total. The zero-order valence-electron chi connectivity index (χ0n) is 12.1. The van der Waals surface area contributed by atoms with Crippen LogP contribution in [0.15, 0.2) is 24.3 Å². The van der Waals surface area contributed by atoms with Gasteiger partial charge in [-0.1, -0.05) is 26.0 Å². The van der Waals surface area contributed by atoms with Crippen molar-refractivity contribution in [3.8, 4) is 5.75 Å². The van der Waals surface area contributed by atoms with Crippen molar-refractivity contribution in [2.45, 2.75) is 39.8 Å². The molecule has 2 unspecified atom stereocenters. The second-order valence-electron chi connectivity index (χ2n) is 5.25. The SMILES string of the molecule is CC(N)c1ccc(OCC(=O)NC(C)C(C)C)cc1. The van der Waals surface area contributed by atoms with Crippen LogP contribution in [-0.4, -0.2) is 18.6 Å². The normalized spacial score (nSPS) is 14.0. The Bertz CT molecular complexity index is 399. The Balaban J connectivity index is 2.42. The Morgan fingerprint density at radius 3 is 2.26 bits per heavy atom. The highest BCUT2D eigenvalue weighted by Crippen LogP contribution is 2.15. The summed E-state index contributed by atoms with van der Waals surface area (Å²) in [4.78, 5) is 11.7. The van der Waals surface area contributed by atoms with Crippen LogP contribution in [0.5, 0.6) is 5.75 Å². The van der Waals surface area contributed by atoms with E-state index in [-0.39, 0.29) is 24.6 Å². The van der Waals surface area contributed by atoms with Gasteiger partial charge in [0.15, 0.2) is 6.61 Å². The molecule has 0 aliphatic carbocycles. The molecule has 0 heterocycles. The molecule has 0 aromatic heterocycles. The van der Waals surface area contributed by atoms with Gasteiger partial charge in [-0.05, 0) is 37.5 Å². The molecule has 19 heavy (non-hydrogen) atoms. The number of carbonyl (C=O) groups excluding carboxylic acids is 1. The number of ether oxygens (including phenoxy) is 1. The molecule has 0 fully saturated rings. The van der Waals surface area contributed by atoms with E-state index in [9.17, 15) is 4.79 Å². The van der Waals surface area contributed by atoms with E-state index in [0.29, 0.717) is 11.7 Å². The first-order valence-electron chi connectivity index (χ1n) is 6.68. The standard InChI is InChI=1S/C15H24N2O2/c1-10(2)12(4)17-15(18)9-19-14-7-5-13(6-8-14)11(3)16/h5-8,10-12H,9,16H2,1-4H3,(H,17,18). The Kier molecular flexibility index (Phi) is 5.83. The first-order valence-corrected chi connectivity index (χ1v) is 6.68. The molecule has 0 aliphatic rings.